The molecule has 0 saturated carbocycles. The van der Waals surface area contributed by atoms with E-state index in [2.05, 4.69) is 31.3 Å². The fraction of sp³-hybridized carbons (Fsp3) is 0.391. The zero-order valence-electron chi connectivity index (χ0n) is 18.9. The predicted molar refractivity (Wildman–Crippen MR) is 131 cm³/mol. The van der Waals surface area contributed by atoms with Crippen LogP contribution in [0.25, 0.3) is 0 Å². The van der Waals surface area contributed by atoms with E-state index in [0.29, 0.717) is 16.3 Å². The monoisotopic (exact) mass is 551 g/mol. The van der Waals surface area contributed by atoms with Gasteiger partial charge in [-0.05, 0) is 78.0 Å². The zero-order valence-corrected chi connectivity index (χ0v) is 21.3. The van der Waals surface area contributed by atoms with Crippen molar-refractivity contribution in [3.8, 4) is 5.06 Å². The lowest BCUT2D eigenvalue weighted by molar-refractivity contribution is -0.140. The third kappa shape index (κ3) is 7.04. The molecule has 34 heavy (non-hydrogen) atoms. The van der Waals surface area contributed by atoms with Crippen LogP contribution in [0.4, 0.5) is 10.5 Å². The molecule has 11 heteroatoms. The number of thiophene rings is 1. The third-order valence-electron chi connectivity index (χ3n) is 5.33. The molecule has 0 bridgehead atoms. The number of rotatable bonds is 8. The highest BCUT2D eigenvalue weighted by Crippen LogP contribution is 2.28. The molecular weight excluding hydrogens is 526 g/mol. The number of hydrogen-bond donors (Lipinski definition) is 2. The number of nitrogens with one attached hydrogen (secondary N) is 2. The van der Waals surface area contributed by atoms with Gasteiger partial charge in [0.25, 0.3) is 5.91 Å². The van der Waals surface area contributed by atoms with Gasteiger partial charge in [0.2, 0.25) is 5.91 Å². The van der Waals surface area contributed by atoms with E-state index < -0.39 is 24.0 Å². The lowest BCUT2D eigenvalue weighted by Gasteiger charge is -2.19. The van der Waals surface area contributed by atoms with Crippen LogP contribution in [0.2, 0.25) is 0 Å². The summed E-state index contributed by atoms with van der Waals surface area (Å²) in [6.07, 6.45) is 1.14. The van der Waals surface area contributed by atoms with Crippen molar-refractivity contribution in [1.29, 1.82) is 0 Å². The topological polar surface area (TPSA) is 114 Å². The Labute approximate surface area is 209 Å². The van der Waals surface area contributed by atoms with E-state index in [9.17, 15) is 19.2 Å². The van der Waals surface area contributed by atoms with E-state index in [0.717, 1.165) is 35.3 Å². The van der Waals surface area contributed by atoms with Crippen LogP contribution in [0.15, 0.2) is 34.1 Å². The quantitative estimate of drug-likeness (QED) is 0.477. The number of nitrogens with zero attached hydrogens (tertiary/aromatic N) is 1. The number of anilines is 1. The van der Waals surface area contributed by atoms with Crippen LogP contribution in [-0.2, 0) is 14.3 Å². The molecular formula is C23H26BrN3O6S. The normalized spacial score (nSPS) is 13.8. The highest BCUT2D eigenvalue weighted by Gasteiger charge is 2.25. The van der Waals surface area contributed by atoms with Gasteiger partial charge in [0.1, 0.15) is 6.04 Å². The number of carbonyl (C=O) groups excluding carboxylic acids is 4. The maximum Gasteiger partial charge on any atom is 0.414 e. The van der Waals surface area contributed by atoms with Crippen molar-refractivity contribution >= 4 is 56.8 Å². The van der Waals surface area contributed by atoms with Gasteiger partial charge in [-0.15, -0.1) is 0 Å². The highest BCUT2D eigenvalue weighted by molar-refractivity contribution is 9.11. The second-order valence-electron chi connectivity index (χ2n) is 7.78. The number of aryl methyl sites for hydroxylation is 1. The zero-order chi connectivity index (χ0) is 24.7. The molecule has 1 fully saturated rings. The largest absolute Gasteiger partial charge is 0.469 e. The number of ether oxygens (including phenoxy) is 2. The average Bonchev–Trinajstić information content (AvgIpc) is 3.48. The molecule has 2 N–H and O–H groups in total. The second-order valence-corrected chi connectivity index (χ2v) is 10.2. The minimum Gasteiger partial charge on any atom is -0.469 e. The van der Waals surface area contributed by atoms with Gasteiger partial charge in [0, 0.05) is 30.8 Å². The lowest BCUT2D eigenvalue weighted by atomic mass is 10.1. The number of amides is 3. The van der Waals surface area contributed by atoms with Crippen LogP contribution in [-0.4, -0.2) is 55.0 Å². The molecule has 1 aliphatic rings. The van der Waals surface area contributed by atoms with Crippen molar-refractivity contribution in [2.45, 2.75) is 38.6 Å². The highest BCUT2D eigenvalue weighted by atomic mass is 79.9. The maximum absolute atomic E-state index is 12.9. The van der Waals surface area contributed by atoms with Gasteiger partial charge in [0.05, 0.1) is 10.9 Å². The lowest BCUT2D eigenvalue weighted by Crippen LogP contribution is -2.45. The predicted octanol–water partition coefficient (Wildman–Crippen LogP) is 4.10. The van der Waals surface area contributed by atoms with E-state index in [-0.39, 0.29) is 18.7 Å². The molecule has 1 aliphatic heterocycles. The maximum atomic E-state index is 12.9. The summed E-state index contributed by atoms with van der Waals surface area (Å²) in [5.41, 5.74) is 1.79. The fourth-order valence-electron chi connectivity index (χ4n) is 3.55. The van der Waals surface area contributed by atoms with Crippen molar-refractivity contribution in [3.63, 3.8) is 0 Å². The molecule has 0 radical (unpaired) electrons. The number of carbonyl (C=O) groups is 4. The van der Waals surface area contributed by atoms with Gasteiger partial charge in [-0.25, -0.2) is 4.79 Å². The summed E-state index contributed by atoms with van der Waals surface area (Å²) < 4.78 is 10.6. The third-order valence-corrected chi connectivity index (χ3v) is 6.83. The Hall–Kier alpha value is -2.92. The fourth-order valence-corrected chi connectivity index (χ4v) is 4.74. The summed E-state index contributed by atoms with van der Waals surface area (Å²) in [6, 6.07) is 7.35. The Morgan fingerprint density at radius 1 is 1.15 bits per heavy atom. The Balaban J connectivity index is 1.67. The first-order valence-electron chi connectivity index (χ1n) is 10.8. The number of hydrogen-bond acceptors (Lipinski definition) is 7. The molecule has 1 unspecified atom stereocenters. The van der Waals surface area contributed by atoms with Crippen LogP contribution < -0.4 is 15.4 Å². The number of likely N-dealkylation sites (tertiary alicyclic amines) is 1. The molecule has 3 rings (SSSR count). The van der Waals surface area contributed by atoms with Crippen LogP contribution in [0, 0.1) is 6.92 Å². The first kappa shape index (κ1) is 25.7. The van der Waals surface area contributed by atoms with E-state index in [4.69, 9.17) is 4.74 Å². The molecule has 0 aliphatic carbocycles. The molecule has 0 spiro atoms. The van der Waals surface area contributed by atoms with Gasteiger partial charge in [-0.2, -0.15) is 0 Å². The van der Waals surface area contributed by atoms with Gasteiger partial charge in [-0.3, -0.25) is 14.4 Å². The van der Waals surface area contributed by atoms with Crippen LogP contribution in [0.5, 0.6) is 5.06 Å². The minimum absolute atomic E-state index is 0.0199. The number of halogens is 1. The molecule has 2 aromatic rings. The molecule has 182 valence electrons. The summed E-state index contributed by atoms with van der Waals surface area (Å²) in [7, 11) is 1.25. The molecule has 1 atom stereocenters. The van der Waals surface area contributed by atoms with Gasteiger partial charge < -0.3 is 25.0 Å². The Morgan fingerprint density at radius 2 is 1.88 bits per heavy atom. The second kappa shape index (κ2) is 12.0. The van der Waals surface area contributed by atoms with Crippen molar-refractivity contribution in [1.82, 2.24) is 10.2 Å². The summed E-state index contributed by atoms with van der Waals surface area (Å²) in [5.74, 6) is -1.05. The average molecular weight is 552 g/mol. The van der Waals surface area contributed by atoms with Crippen molar-refractivity contribution < 1.29 is 28.7 Å². The van der Waals surface area contributed by atoms with E-state index >= 15 is 0 Å². The molecule has 2 heterocycles. The Kier molecular flexibility index (Phi) is 9.05. The van der Waals surface area contributed by atoms with Gasteiger partial charge >= 0.3 is 12.1 Å². The van der Waals surface area contributed by atoms with Crippen LogP contribution >= 0.6 is 27.3 Å². The number of benzene rings is 1. The summed E-state index contributed by atoms with van der Waals surface area (Å²) in [6.45, 7) is 3.31. The van der Waals surface area contributed by atoms with Crippen molar-refractivity contribution in [2.75, 3.05) is 25.5 Å². The van der Waals surface area contributed by atoms with Gasteiger partial charge in [-0.1, -0.05) is 11.3 Å². The standard InChI is InChI=1S/C23H26BrN3O6S/c1-14-13-15(5-6-16(14)22(30)27-11-3-4-12-27)25-21(29)17(7-9-19(28)32-2)26-23(31)33-20-10-8-18(24)34-20/h5-6,8,10,13,17H,3-4,7,9,11-12H2,1-2H3,(H,25,29)(H,26,31). The summed E-state index contributed by atoms with van der Waals surface area (Å²) in [5, 5.41) is 5.60. The smallest absolute Gasteiger partial charge is 0.414 e. The Morgan fingerprint density at radius 3 is 2.50 bits per heavy atom. The molecule has 1 saturated heterocycles. The van der Waals surface area contributed by atoms with E-state index in [1.807, 2.05) is 11.8 Å². The number of methoxy groups -OCH3 is 1. The summed E-state index contributed by atoms with van der Waals surface area (Å²) >= 11 is 4.51. The SMILES string of the molecule is COC(=O)CCC(NC(=O)Oc1ccc(Br)s1)C(=O)Nc1ccc(C(=O)N2CCCC2)c(C)c1. The van der Waals surface area contributed by atoms with Crippen LogP contribution in [0.1, 0.15) is 41.6 Å². The van der Waals surface area contributed by atoms with E-state index in [1.54, 1.807) is 30.3 Å². The summed E-state index contributed by atoms with van der Waals surface area (Å²) in [4.78, 5) is 51.4. The van der Waals surface area contributed by atoms with E-state index in [1.165, 1.54) is 18.4 Å². The Bertz CT molecular complexity index is 1070. The minimum atomic E-state index is -1.04. The number of esters is 1. The first-order valence-corrected chi connectivity index (χ1v) is 12.4. The molecule has 1 aromatic carbocycles. The van der Waals surface area contributed by atoms with Crippen LogP contribution in [0.3, 0.4) is 0 Å². The van der Waals surface area contributed by atoms with Crippen molar-refractivity contribution in [2.24, 2.45) is 0 Å². The van der Waals surface area contributed by atoms with Gasteiger partial charge in [0.15, 0.2) is 5.06 Å². The molecule has 1 aromatic heterocycles. The molecule has 9 nitrogen and oxygen atoms in total. The van der Waals surface area contributed by atoms with Crippen molar-refractivity contribution in [3.05, 3.63) is 45.2 Å². The first-order chi connectivity index (χ1) is 16.3. The molecule has 3 amide bonds.